The second-order valence-corrected chi connectivity index (χ2v) is 4.31. The first-order chi connectivity index (χ1) is 8.99. The number of carbonyl (C=O) groups excluding carboxylic acids is 1. The zero-order valence-electron chi connectivity index (χ0n) is 11.3. The van der Waals surface area contributed by atoms with Crippen LogP contribution in [-0.2, 0) is 4.74 Å². The van der Waals surface area contributed by atoms with Crippen LogP contribution in [0.1, 0.15) is 37.0 Å². The first kappa shape index (κ1) is 14.9. The SMILES string of the molecule is CCCC(C)Nc1cc(C(=O)OC)ccc1[N+](=O)[O-]. The monoisotopic (exact) mass is 266 g/mol. The third-order valence-electron chi connectivity index (χ3n) is 2.74. The van der Waals surface area contributed by atoms with E-state index < -0.39 is 10.9 Å². The predicted octanol–water partition coefficient (Wildman–Crippen LogP) is 2.98. The van der Waals surface area contributed by atoms with Crippen molar-refractivity contribution in [3.8, 4) is 0 Å². The normalized spacial score (nSPS) is 11.7. The number of nitro benzene ring substituents is 1. The van der Waals surface area contributed by atoms with E-state index in [0.29, 0.717) is 11.3 Å². The highest BCUT2D eigenvalue weighted by Crippen LogP contribution is 2.27. The minimum Gasteiger partial charge on any atom is -0.465 e. The molecule has 0 saturated carbocycles. The molecule has 1 unspecified atom stereocenters. The van der Waals surface area contributed by atoms with Gasteiger partial charge in [0.1, 0.15) is 5.69 Å². The number of ether oxygens (including phenoxy) is 1. The molecular weight excluding hydrogens is 248 g/mol. The summed E-state index contributed by atoms with van der Waals surface area (Å²) < 4.78 is 4.61. The fraction of sp³-hybridized carbons (Fsp3) is 0.462. The molecule has 19 heavy (non-hydrogen) atoms. The Morgan fingerprint density at radius 3 is 2.74 bits per heavy atom. The number of nitro groups is 1. The summed E-state index contributed by atoms with van der Waals surface area (Å²) in [5.41, 5.74) is 0.587. The van der Waals surface area contributed by atoms with Gasteiger partial charge in [-0.15, -0.1) is 0 Å². The molecule has 1 atom stereocenters. The van der Waals surface area contributed by atoms with Crippen LogP contribution in [0.5, 0.6) is 0 Å². The van der Waals surface area contributed by atoms with Gasteiger partial charge >= 0.3 is 5.97 Å². The maximum Gasteiger partial charge on any atom is 0.337 e. The molecule has 0 fully saturated rings. The lowest BCUT2D eigenvalue weighted by Gasteiger charge is -2.14. The molecule has 0 aliphatic heterocycles. The van der Waals surface area contributed by atoms with Crippen molar-refractivity contribution in [2.75, 3.05) is 12.4 Å². The van der Waals surface area contributed by atoms with E-state index in [4.69, 9.17) is 0 Å². The van der Waals surface area contributed by atoms with Gasteiger partial charge in [0.25, 0.3) is 5.69 Å². The number of esters is 1. The summed E-state index contributed by atoms with van der Waals surface area (Å²) in [5, 5.41) is 14.0. The fourth-order valence-electron chi connectivity index (χ4n) is 1.83. The number of hydrogen-bond acceptors (Lipinski definition) is 5. The Balaban J connectivity index is 3.08. The number of anilines is 1. The highest BCUT2D eigenvalue weighted by Gasteiger charge is 2.18. The second kappa shape index (κ2) is 6.72. The Kier molecular flexibility index (Phi) is 5.29. The van der Waals surface area contributed by atoms with Crippen LogP contribution in [0, 0.1) is 10.1 Å². The van der Waals surface area contributed by atoms with Gasteiger partial charge in [-0.05, 0) is 25.5 Å². The fourth-order valence-corrected chi connectivity index (χ4v) is 1.83. The standard InChI is InChI=1S/C13H18N2O4/c1-4-5-9(2)14-11-8-10(13(16)19-3)6-7-12(11)15(17)18/h6-9,14H,4-5H2,1-3H3. The zero-order chi connectivity index (χ0) is 14.4. The summed E-state index contributed by atoms with van der Waals surface area (Å²) in [7, 11) is 1.27. The van der Waals surface area contributed by atoms with Crippen LogP contribution in [0.25, 0.3) is 0 Å². The average molecular weight is 266 g/mol. The van der Waals surface area contributed by atoms with E-state index in [1.54, 1.807) is 0 Å². The van der Waals surface area contributed by atoms with Crippen molar-refractivity contribution in [1.29, 1.82) is 0 Å². The van der Waals surface area contributed by atoms with Crippen LogP contribution in [0.15, 0.2) is 18.2 Å². The van der Waals surface area contributed by atoms with Crippen LogP contribution in [0.2, 0.25) is 0 Å². The number of benzene rings is 1. The van der Waals surface area contributed by atoms with Gasteiger partial charge in [-0.3, -0.25) is 10.1 Å². The maximum atomic E-state index is 11.4. The molecule has 0 spiro atoms. The Labute approximate surface area is 111 Å². The Bertz CT molecular complexity index is 474. The minimum absolute atomic E-state index is 0.0457. The van der Waals surface area contributed by atoms with Crippen LogP contribution in [-0.4, -0.2) is 24.0 Å². The Morgan fingerprint density at radius 1 is 1.53 bits per heavy atom. The van der Waals surface area contributed by atoms with Gasteiger partial charge in [-0.2, -0.15) is 0 Å². The summed E-state index contributed by atoms with van der Waals surface area (Å²) in [5.74, 6) is -0.513. The molecule has 1 rings (SSSR count). The topological polar surface area (TPSA) is 81.5 Å². The van der Waals surface area contributed by atoms with E-state index in [0.717, 1.165) is 12.8 Å². The van der Waals surface area contributed by atoms with E-state index in [1.807, 2.05) is 13.8 Å². The van der Waals surface area contributed by atoms with E-state index >= 15 is 0 Å². The van der Waals surface area contributed by atoms with E-state index in [2.05, 4.69) is 10.1 Å². The lowest BCUT2D eigenvalue weighted by Crippen LogP contribution is -2.16. The van der Waals surface area contributed by atoms with E-state index in [-0.39, 0.29) is 11.7 Å². The van der Waals surface area contributed by atoms with Crippen molar-refractivity contribution in [1.82, 2.24) is 0 Å². The van der Waals surface area contributed by atoms with Crippen molar-refractivity contribution in [3.63, 3.8) is 0 Å². The van der Waals surface area contributed by atoms with Crippen LogP contribution < -0.4 is 5.32 Å². The smallest absolute Gasteiger partial charge is 0.337 e. The van der Waals surface area contributed by atoms with E-state index in [9.17, 15) is 14.9 Å². The van der Waals surface area contributed by atoms with Gasteiger partial charge in [0.2, 0.25) is 0 Å². The molecule has 104 valence electrons. The van der Waals surface area contributed by atoms with Gasteiger partial charge in [0.15, 0.2) is 0 Å². The average Bonchev–Trinajstić information content (AvgIpc) is 2.37. The number of nitrogens with zero attached hydrogens (tertiary/aromatic N) is 1. The van der Waals surface area contributed by atoms with Gasteiger partial charge in [-0.25, -0.2) is 4.79 Å². The van der Waals surface area contributed by atoms with Crippen LogP contribution in [0.4, 0.5) is 11.4 Å². The van der Waals surface area contributed by atoms with Gasteiger partial charge in [-0.1, -0.05) is 13.3 Å². The molecule has 0 saturated heterocycles. The number of carbonyl (C=O) groups is 1. The molecule has 1 aromatic rings. The van der Waals surface area contributed by atoms with Crippen molar-refractivity contribution in [2.45, 2.75) is 32.7 Å². The largest absolute Gasteiger partial charge is 0.465 e. The first-order valence-electron chi connectivity index (χ1n) is 6.12. The van der Waals surface area contributed by atoms with Crippen molar-refractivity contribution in [2.24, 2.45) is 0 Å². The number of nitrogens with one attached hydrogen (secondary N) is 1. The molecule has 1 aromatic carbocycles. The lowest BCUT2D eigenvalue weighted by molar-refractivity contribution is -0.384. The molecule has 0 amide bonds. The second-order valence-electron chi connectivity index (χ2n) is 4.31. The molecular formula is C13H18N2O4. The molecule has 0 bridgehead atoms. The highest BCUT2D eigenvalue weighted by molar-refractivity contribution is 5.91. The molecule has 6 heteroatoms. The summed E-state index contributed by atoms with van der Waals surface area (Å²) in [6.07, 6.45) is 1.86. The van der Waals surface area contributed by atoms with Gasteiger partial charge in [0.05, 0.1) is 17.6 Å². The third-order valence-corrected chi connectivity index (χ3v) is 2.74. The van der Waals surface area contributed by atoms with Gasteiger partial charge in [0, 0.05) is 12.1 Å². The summed E-state index contributed by atoms with van der Waals surface area (Å²) >= 11 is 0. The number of hydrogen-bond donors (Lipinski definition) is 1. The lowest BCUT2D eigenvalue weighted by atomic mass is 10.1. The predicted molar refractivity (Wildman–Crippen MR) is 72.4 cm³/mol. The van der Waals surface area contributed by atoms with E-state index in [1.165, 1.54) is 25.3 Å². The van der Waals surface area contributed by atoms with Crippen molar-refractivity contribution < 1.29 is 14.5 Å². The zero-order valence-corrected chi connectivity index (χ0v) is 11.3. The highest BCUT2D eigenvalue weighted by atomic mass is 16.6. The summed E-state index contributed by atoms with van der Waals surface area (Å²) in [4.78, 5) is 21.9. The maximum absolute atomic E-state index is 11.4. The molecule has 0 aliphatic rings. The van der Waals surface area contributed by atoms with Gasteiger partial charge < -0.3 is 10.1 Å². The third kappa shape index (κ3) is 3.94. The van der Waals surface area contributed by atoms with Crippen molar-refractivity contribution >= 4 is 17.3 Å². The molecule has 0 aliphatic carbocycles. The number of rotatable bonds is 6. The quantitative estimate of drug-likeness (QED) is 0.486. The van der Waals surface area contributed by atoms with Crippen molar-refractivity contribution in [3.05, 3.63) is 33.9 Å². The molecule has 0 radical (unpaired) electrons. The van der Waals surface area contributed by atoms with Crippen LogP contribution >= 0.6 is 0 Å². The summed E-state index contributed by atoms with van der Waals surface area (Å²) in [6, 6.07) is 4.25. The minimum atomic E-state index is -0.513. The molecule has 0 heterocycles. The summed E-state index contributed by atoms with van der Waals surface area (Å²) in [6.45, 7) is 3.98. The molecule has 0 aromatic heterocycles. The Hall–Kier alpha value is -2.11. The first-order valence-corrected chi connectivity index (χ1v) is 6.12. The molecule has 6 nitrogen and oxygen atoms in total. The number of methoxy groups -OCH3 is 1. The van der Waals surface area contributed by atoms with Crippen LogP contribution in [0.3, 0.4) is 0 Å². The molecule has 1 N–H and O–H groups in total. The Morgan fingerprint density at radius 2 is 2.21 bits per heavy atom.